The van der Waals surface area contributed by atoms with Crippen LogP contribution in [0.3, 0.4) is 0 Å². The molecule has 0 saturated carbocycles. The normalized spacial score (nSPS) is 19.9. The average molecular weight is 277 g/mol. The Labute approximate surface area is 116 Å². The summed E-state index contributed by atoms with van der Waals surface area (Å²) in [6.45, 7) is 2.97. The Balaban J connectivity index is 2.22. The lowest BCUT2D eigenvalue weighted by atomic mass is 10.1. The third-order valence-electron chi connectivity index (χ3n) is 3.51. The SMILES string of the molecule is CC1CSCCN1c1c(F)cc(N)c2cccnc12. The second kappa shape index (κ2) is 4.89. The predicted octanol–water partition coefficient (Wildman–Crippen LogP) is 2.90. The van der Waals surface area contributed by atoms with Crippen molar-refractivity contribution in [3.8, 4) is 0 Å². The van der Waals surface area contributed by atoms with Gasteiger partial charge in [-0.25, -0.2) is 4.39 Å². The summed E-state index contributed by atoms with van der Waals surface area (Å²) in [4.78, 5) is 6.46. The fraction of sp³-hybridized carbons (Fsp3) is 0.357. The minimum atomic E-state index is -0.276. The summed E-state index contributed by atoms with van der Waals surface area (Å²) in [5.41, 5.74) is 7.60. The van der Waals surface area contributed by atoms with Crippen molar-refractivity contribution in [2.45, 2.75) is 13.0 Å². The van der Waals surface area contributed by atoms with E-state index in [2.05, 4.69) is 16.8 Å². The zero-order valence-corrected chi connectivity index (χ0v) is 11.6. The number of hydrogen-bond acceptors (Lipinski definition) is 4. The molecular weight excluding hydrogens is 261 g/mol. The largest absolute Gasteiger partial charge is 0.398 e. The van der Waals surface area contributed by atoms with Crippen LogP contribution in [0, 0.1) is 5.82 Å². The molecule has 0 bridgehead atoms. The molecule has 1 atom stereocenters. The zero-order valence-electron chi connectivity index (χ0n) is 10.8. The highest BCUT2D eigenvalue weighted by Gasteiger charge is 2.24. The first-order valence-electron chi connectivity index (χ1n) is 6.35. The lowest BCUT2D eigenvalue weighted by molar-refractivity contribution is 0.606. The van der Waals surface area contributed by atoms with Gasteiger partial charge in [-0.05, 0) is 25.1 Å². The Morgan fingerprint density at radius 3 is 3.16 bits per heavy atom. The molecule has 2 N–H and O–H groups in total. The summed E-state index contributed by atoms with van der Waals surface area (Å²) >= 11 is 1.91. The molecule has 100 valence electrons. The van der Waals surface area contributed by atoms with Gasteiger partial charge in [0.2, 0.25) is 0 Å². The van der Waals surface area contributed by atoms with E-state index in [1.807, 2.05) is 23.9 Å². The Kier molecular flexibility index (Phi) is 3.22. The second-order valence-electron chi connectivity index (χ2n) is 4.81. The number of thioether (sulfide) groups is 1. The number of pyridine rings is 1. The predicted molar refractivity (Wildman–Crippen MR) is 80.2 cm³/mol. The van der Waals surface area contributed by atoms with Crippen LogP contribution in [-0.2, 0) is 0 Å². The molecule has 19 heavy (non-hydrogen) atoms. The van der Waals surface area contributed by atoms with Crippen molar-refractivity contribution >= 4 is 34.0 Å². The van der Waals surface area contributed by atoms with Crippen LogP contribution >= 0.6 is 11.8 Å². The highest BCUT2D eigenvalue weighted by Crippen LogP contribution is 2.35. The first-order chi connectivity index (χ1) is 9.18. The summed E-state index contributed by atoms with van der Waals surface area (Å²) in [6, 6.07) is 5.44. The van der Waals surface area contributed by atoms with Crippen LogP contribution in [0.1, 0.15) is 6.92 Å². The van der Waals surface area contributed by atoms with E-state index < -0.39 is 0 Å². The maximum atomic E-state index is 14.4. The van der Waals surface area contributed by atoms with E-state index in [1.54, 1.807) is 6.20 Å². The van der Waals surface area contributed by atoms with Gasteiger partial charge in [-0.1, -0.05) is 0 Å². The summed E-state index contributed by atoms with van der Waals surface area (Å²) in [5, 5.41) is 0.823. The average Bonchev–Trinajstić information content (AvgIpc) is 2.41. The molecule has 5 heteroatoms. The third-order valence-corrected chi connectivity index (χ3v) is 4.70. The van der Waals surface area contributed by atoms with Gasteiger partial charge < -0.3 is 10.6 Å². The number of hydrogen-bond donors (Lipinski definition) is 1. The van der Waals surface area contributed by atoms with E-state index in [1.165, 1.54) is 6.07 Å². The molecule has 1 unspecified atom stereocenters. The number of nitrogens with zero attached hydrogens (tertiary/aromatic N) is 2. The molecule has 1 aromatic heterocycles. The highest BCUT2D eigenvalue weighted by molar-refractivity contribution is 7.99. The van der Waals surface area contributed by atoms with Crippen LogP contribution in [0.15, 0.2) is 24.4 Å². The molecule has 3 rings (SSSR count). The number of anilines is 2. The van der Waals surface area contributed by atoms with Crippen LogP contribution in [-0.4, -0.2) is 29.1 Å². The first-order valence-corrected chi connectivity index (χ1v) is 7.51. The summed E-state index contributed by atoms with van der Waals surface area (Å²) in [7, 11) is 0. The second-order valence-corrected chi connectivity index (χ2v) is 5.96. The van der Waals surface area contributed by atoms with E-state index in [9.17, 15) is 4.39 Å². The van der Waals surface area contributed by atoms with Crippen LogP contribution in [0.4, 0.5) is 15.8 Å². The minimum Gasteiger partial charge on any atom is -0.398 e. The Morgan fingerprint density at radius 1 is 1.53 bits per heavy atom. The van der Waals surface area contributed by atoms with E-state index in [0.717, 1.165) is 23.4 Å². The maximum Gasteiger partial charge on any atom is 0.150 e. The zero-order chi connectivity index (χ0) is 13.4. The van der Waals surface area contributed by atoms with E-state index >= 15 is 0 Å². The Hall–Kier alpha value is -1.49. The van der Waals surface area contributed by atoms with Gasteiger partial charge in [0.15, 0.2) is 5.82 Å². The molecule has 0 radical (unpaired) electrons. The molecule has 0 aliphatic carbocycles. The molecule has 1 aromatic carbocycles. The van der Waals surface area contributed by atoms with Gasteiger partial charge in [0, 0.05) is 41.4 Å². The molecule has 2 heterocycles. The van der Waals surface area contributed by atoms with E-state index in [-0.39, 0.29) is 5.82 Å². The van der Waals surface area contributed by atoms with Crippen molar-refractivity contribution in [3.63, 3.8) is 0 Å². The van der Waals surface area contributed by atoms with Crippen LogP contribution in [0.25, 0.3) is 10.9 Å². The van der Waals surface area contributed by atoms with Crippen molar-refractivity contribution < 1.29 is 4.39 Å². The lowest BCUT2D eigenvalue weighted by Gasteiger charge is -2.35. The monoisotopic (exact) mass is 277 g/mol. The number of aromatic nitrogens is 1. The van der Waals surface area contributed by atoms with Crippen LogP contribution in [0.2, 0.25) is 0 Å². The summed E-state index contributed by atoms with van der Waals surface area (Å²) < 4.78 is 14.4. The number of fused-ring (bicyclic) bond motifs is 1. The molecular formula is C14H16FN3S. The van der Waals surface area contributed by atoms with Crippen molar-refractivity contribution in [2.75, 3.05) is 28.7 Å². The molecule has 0 spiro atoms. The first kappa shape index (κ1) is 12.5. The fourth-order valence-corrected chi connectivity index (χ4v) is 3.57. The lowest BCUT2D eigenvalue weighted by Crippen LogP contribution is -2.41. The van der Waals surface area contributed by atoms with Gasteiger partial charge in [-0.3, -0.25) is 4.98 Å². The maximum absolute atomic E-state index is 14.4. The molecule has 3 nitrogen and oxygen atoms in total. The Bertz CT molecular complexity index is 617. The highest BCUT2D eigenvalue weighted by atomic mass is 32.2. The van der Waals surface area contributed by atoms with Gasteiger partial charge in [0.1, 0.15) is 5.69 Å². The van der Waals surface area contributed by atoms with Crippen LogP contribution < -0.4 is 10.6 Å². The smallest absolute Gasteiger partial charge is 0.150 e. The third kappa shape index (κ3) is 2.12. The van der Waals surface area contributed by atoms with Crippen molar-refractivity contribution in [1.82, 2.24) is 4.98 Å². The van der Waals surface area contributed by atoms with Crippen LogP contribution in [0.5, 0.6) is 0 Å². The van der Waals surface area contributed by atoms with Gasteiger partial charge in [0.05, 0.1) is 5.52 Å². The summed E-state index contributed by atoms with van der Waals surface area (Å²) in [5.74, 6) is 1.75. The number of rotatable bonds is 1. The quantitative estimate of drug-likeness (QED) is 0.814. The van der Waals surface area contributed by atoms with Crippen molar-refractivity contribution in [2.24, 2.45) is 0 Å². The van der Waals surface area contributed by atoms with E-state index in [4.69, 9.17) is 5.73 Å². The molecule has 0 amide bonds. The summed E-state index contributed by atoms with van der Waals surface area (Å²) in [6.07, 6.45) is 1.69. The van der Waals surface area contributed by atoms with E-state index in [0.29, 0.717) is 22.9 Å². The minimum absolute atomic E-state index is 0.276. The number of nitrogen functional groups attached to an aromatic ring is 1. The van der Waals surface area contributed by atoms with Gasteiger partial charge in [-0.15, -0.1) is 0 Å². The van der Waals surface area contributed by atoms with Crippen molar-refractivity contribution in [3.05, 3.63) is 30.2 Å². The molecule has 2 aromatic rings. The van der Waals surface area contributed by atoms with Crippen molar-refractivity contribution in [1.29, 1.82) is 0 Å². The van der Waals surface area contributed by atoms with Gasteiger partial charge >= 0.3 is 0 Å². The van der Waals surface area contributed by atoms with Gasteiger partial charge in [-0.2, -0.15) is 11.8 Å². The molecule has 1 aliphatic heterocycles. The molecule has 1 saturated heterocycles. The fourth-order valence-electron chi connectivity index (χ4n) is 2.56. The Morgan fingerprint density at radius 2 is 2.37 bits per heavy atom. The number of halogens is 1. The molecule has 1 fully saturated rings. The number of benzene rings is 1. The number of nitrogens with two attached hydrogens (primary N) is 1. The molecule has 1 aliphatic rings. The topological polar surface area (TPSA) is 42.1 Å². The standard InChI is InChI=1S/C14H16FN3S/c1-9-8-19-6-5-18(9)14-11(15)7-12(16)10-3-2-4-17-13(10)14/h2-4,7,9H,5-6,8,16H2,1H3. The van der Waals surface area contributed by atoms with Gasteiger partial charge in [0.25, 0.3) is 0 Å².